The molecule has 0 bridgehead atoms. The molecule has 208 valence electrons. The molecule has 0 fully saturated rings. The number of nitrogens with zero attached hydrogens (tertiary/aromatic N) is 1. The first-order chi connectivity index (χ1) is 19.0. The van der Waals surface area contributed by atoms with Gasteiger partial charge >= 0.3 is 6.18 Å². The first-order valence-electron chi connectivity index (χ1n) is 12.2. The van der Waals surface area contributed by atoms with Crippen LogP contribution in [0.1, 0.15) is 43.0 Å². The summed E-state index contributed by atoms with van der Waals surface area (Å²) in [5.41, 5.74) is 2.90. The van der Waals surface area contributed by atoms with E-state index in [1.807, 2.05) is 26.0 Å². The van der Waals surface area contributed by atoms with Gasteiger partial charge in [-0.3, -0.25) is 14.7 Å². The van der Waals surface area contributed by atoms with E-state index in [4.69, 9.17) is 0 Å². The molecule has 0 aliphatic rings. The zero-order valence-corrected chi connectivity index (χ0v) is 21.8. The maximum absolute atomic E-state index is 12.8. The molecule has 40 heavy (non-hydrogen) atoms. The third-order valence-electron chi connectivity index (χ3n) is 6.12. The third-order valence-corrected chi connectivity index (χ3v) is 6.12. The van der Waals surface area contributed by atoms with E-state index in [0.717, 1.165) is 41.0 Å². The highest BCUT2D eigenvalue weighted by Gasteiger charge is 2.30. The minimum Gasteiger partial charge on any atom is -0.507 e. The second-order valence-electron chi connectivity index (χ2n) is 9.06. The van der Waals surface area contributed by atoms with Crippen molar-refractivity contribution in [2.45, 2.75) is 26.6 Å². The number of aryl methyl sites for hydroxylation is 2. The van der Waals surface area contributed by atoms with Crippen molar-refractivity contribution in [1.29, 1.82) is 0 Å². The number of hydrogen-bond donors (Lipinski definition) is 6. The van der Waals surface area contributed by atoms with E-state index >= 15 is 0 Å². The second-order valence-corrected chi connectivity index (χ2v) is 9.06. The van der Waals surface area contributed by atoms with E-state index in [9.17, 15) is 27.9 Å². The average molecular weight is 553 g/mol. The molecule has 0 atom stereocenters. The van der Waals surface area contributed by atoms with Crippen LogP contribution in [0.15, 0.2) is 60.7 Å². The Morgan fingerprint density at radius 3 is 2.10 bits per heavy atom. The molecule has 1 aromatic heterocycles. The highest BCUT2D eigenvalue weighted by Crippen LogP contribution is 2.30. The zero-order chi connectivity index (χ0) is 29.0. The fourth-order valence-electron chi connectivity index (χ4n) is 4.03. The summed E-state index contributed by atoms with van der Waals surface area (Å²) in [4.78, 5) is 25.1. The van der Waals surface area contributed by atoms with Crippen molar-refractivity contribution >= 4 is 34.8 Å². The van der Waals surface area contributed by atoms with Gasteiger partial charge in [-0.15, -0.1) is 0 Å². The van der Waals surface area contributed by atoms with Crippen molar-refractivity contribution in [3.05, 3.63) is 94.0 Å². The van der Waals surface area contributed by atoms with Crippen LogP contribution < -0.4 is 21.3 Å². The molecule has 4 rings (SSSR count). The molecular formula is C28H27F3N6O3. The van der Waals surface area contributed by atoms with E-state index in [2.05, 4.69) is 31.5 Å². The van der Waals surface area contributed by atoms with E-state index < -0.39 is 17.6 Å². The number of aromatic amines is 1. The normalized spacial score (nSPS) is 11.2. The number of carbonyl (C=O) groups is 2. The SMILES string of the molecule is CNC(=O)c1c(Nc2ccc(NC(=O)c3ccc(C(F)(F)F)cc3)cc2)n[nH]c1NCc1cc(C)c(O)c(C)c1. The Bertz CT molecular complexity index is 1510. The van der Waals surface area contributed by atoms with Gasteiger partial charge in [-0.2, -0.15) is 18.3 Å². The molecule has 0 saturated carbocycles. The lowest BCUT2D eigenvalue weighted by atomic mass is 10.1. The first kappa shape index (κ1) is 28.0. The molecule has 0 spiro atoms. The number of alkyl halides is 3. The lowest BCUT2D eigenvalue weighted by molar-refractivity contribution is -0.137. The van der Waals surface area contributed by atoms with Crippen LogP contribution in [0.4, 0.5) is 36.2 Å². The van der Waals surface area contributed by atoms with E-state index in [0.29, 0.717) is 23.7 Å². The van der Waals surface area contributed by atoms with Crippen molar-refractivity contribution in [3.63, 3.8) is 0 Å². The van der Waals surface area contributed by atoms with Gasteiger partial charge in [0.05, 0.1) is 5.56 Å². The summed E-state index contributed by atoms with van der Waals surface area (Å²) in [5, 5.41) is 28.5. The molecule has 0 radical (unpaired) electrons. The predicted octanol–water partition coefficient (Wildman–Crippen LogP) is 5.72. The minimum absolute atomic E-state index is 0.0830. The van der Waals surface area contributed by atoms with Crippen LogP contribution in [0.25, 0.3) is 0 Å². The van der Waals surface area contributed by atoms with Crippen LogP contribution in [0.5, 0.6) is 5.75 Å². The van der Waals surface area contributed by atoms with Crippen molar-refractivity contribution in [2.75, 3.05) is 23.0 Å². The fraction of sp³-hybridized carbons (Fsp3) is 0.179. The molecule has 6 N–H and O–H groups in total. The lowest BCUT2D eigenvalue weighted by Crippen LogP contribution is -2.20. The number of benzene rings is 3. The summed E-state index contributed by atoms with van der Waals surface area (Å²) < 4.78 is 38.3. The van der Waals surface area contributed by atoms with Gasteiger partial charge < -0.3 is 26.4 Å². The summed E-state index contributed by atoms with van der Waals surface area (Å²) in [6.07, 6.45) is -4.48. The number of aromatic nitrogens is 2. The van der Waals surface area contributed by atoms with Crippen molar-refractivity contribution in [3.8, 4) is 5.75 Å². The van der Waals surface area contributed by atoms with Crippen LogP contribution in [0, 0.1) is 13.8 Å². The van der Waals surface area contributed by atoms with Crippen LogP contribution in [0.2, 0.25) is 0 Å². The van der Waals surface area contributed by atoms with Gasteiger partial charge in [0, 0.05) is 30.5 Å². The van der Waals surface area contributed by atoms with Crippen LogP contribution >= 0.6 is 0 Å². The van der Waals surface area contributed by atoms with Gasteiger partial charge in [-0.05, 0) is 79.1 Å². The maximum atomic E-state index is 12.8. The number of H-pyrrole nitrogens is 1. The monoisotopic (exact) mass is 552 g/mol. The Hall–Kier alpha value is -5.00. The molecular weight excluding hydrogens is 525 g/mol. The summed E-state index contributed by atoms with van der Waals surface area (Å²) in [6, 6.07) is 14.1. The Kier molecular flexibility index (Phi) is 7.98. The number of halogens is 3. The molecule has 0 aliphatic heterocycles. The highest BCUT2D eigenvalue weighted by molar-refractivity contribution is 6.05. The first-order valence-corrected chi connectivity index (χ1v) is 12.2. The van der Waals surface area contributed by atoms with Gasteiger partial charge in [0.2, 0.25) is 0 Å². The molecule has 12 heteroatoms. The summed E-state index contributed by atoms with van der Waals surface area (Å²) in [6.45, 7) is 4.00. The molecule has 0 saturated heterocycles. The molecule has 0 aliphatic carbocycles. The zero-order valence-electron chi connectivity index (χ0n) is 21.8. The summed E-state index contributed by atoms with van der Waals surface area (Å²) in [5.74, 6) is -0.0317. The minimum atomic E-state index is -4.48. The topological polar surface area (TPSA) is 131 Å². The van der Waals surface area contributed by atoms with Gasteiger partial charge in [-0.25, -0.2) is 0 Å². The van der Waals surface area contributed by atoms with Gasteiger partial charge in [0.25, 0.3) is 11.8 Å². The predicted molar refractivity (Wildman–Crippen MR) is 146 cm³/mol. The van der Waals surface area contributed by atoms with Crippen LogP contribution in [-0.4, -0.2) is 34.2 Å². The molecule has 1 heterocycles. The van der Waals surface area contributed by atoms with Gasteiger partial charge in [-0.1, -0.05) is 12.1 Å². The maximum Gasteiger partial charge on any atom is 0.416 e. The number of carbonyl (C=O) groups excluding carboxylic acids is 2. The van der Waals surface area contributed by atoms with Crippen LogP contribution in [0.3, 0.4) is 0 Å². The number of anilines is 4. The van der Waals surface area contributed by atoms with Crippen molar-refractivity contribution in [2.24, 2.45) is 0 Å². The number of aromatic hydroxyl groups is 1. The van der Waals surface area contributed by atoms with Gasteiger partial charge in [0.1, 0.15) is 17.1 Å². The Morgan fingerprint density at radius 2 is 1.52 bits per heavy atom. The molecule has 9 nitrogen and oxygen atoms in total. The fourth-order valence-corrected chi connectivity index (χ4v) is 4.03. The molecule has 3 aromatic carbocycles. The quantitative estimate of drug-likeness (QED) is 0.166. The Morgan fingerprint density at radius 1 is 0.925 bits per heavy atom. The number of rotatable bonds is 8. The van der Waals surface area contributed by atoms with E-state index in [1.54, 1.807) is 24.3 Å². The van der Waals surface area contributed by atoms with Crippen molar-refractivity contribution < 1.29 is 27.9 Å². The molecule has 0 unspecified atom stereocenters. The summed E-state index contributed by atoms with van der Waals surface area (Å²) in [7, 11) is 1.50. The summed E-state index contributed by atoms with van der Waals surface area (Å²) >= 11 is 0. The van der Waals surface area contributed by atoms with Crippen LogP contribution in [-0.2, 0) is 12.7 Å². The van der Waals surface area contributed by atoms with E-state index in [-0.39, 0.29) is 28.6 Å². The average Bonchev–Trinajstić information content (AvgIpc) is 3.32. The number of phenols is 1. The number of hydrogen-bond acceptors (Lipinski definition) is 6. The Balaban J connectivity index is 1.44. The molecule has 4 aromatic rings. The lowest BCUT2D eigenvalue weighted by Gasteiger charge is -2.11. The standard InChI is InChI=1S/C28H27F3N6O3/c1-15-12-17(13-16(2)23(15)38)14-33-24-22(27(40)32-3)25(37-36-24)34-20-8-10-21(11-9-20)35-26(39)18-4-6-19(7-5-18)28(29,30)31/h4-13,38H,14H2,1-3H3,(H,32,40)(H,35,39)(H3,33,34,36,37). The smallest absolute Gasteiger partial charge is 0.416 e. The number of amides is 2. The Labute approximate surface area is 227 Å². The van der Waals surface area contributed by atoms with E-state index in [1.165, 1.54) is 7.05 Å². The third kappa shape index (κ3) is 6.34. The highest BCUT2D eigenvalue weighted by atomic mass is 19.4. The molecule has 2 amide bonds. The second kappa shape index (κ2) is 11.4. The number of nitrogens with one attached hydrogen (secondary N) is 5. The largest absolute Gasteiger partial charge is 0.507 e. The number of phenolic OH excluding ortho intramolecular Hbond substituents is 1. The van der Waals surface area contributed by atoms with Gasteiger partial charge in [0.15, 0.2) is 5.82 Å². The van der Waals surface area contributed by atoms with Crippen molar-refractivity contribution in [1.82, 2.24) is 15.5 Å².